The fourth-order valence-electron chi connectivity index (χ4n) is 0.848. The molecule has 1 heterocycles. The second kappa shape index (κ2) is 2.22. The van der Waals surface area contributed by atoms with E-state index in [2.05, 4.69) is 0 Å². The number of rotatable bonds is 1. The van der Waals surface area contributed by atoms with E-state index in [0.29, 0.717) is 18.1 Å². The monoisotopic (exact) mass is 116 g/mol. The highest BCUT2D eigenvalue weighted by molar-refractivity contribution is 5.58. The van der Waals surface area contributed by atoms with Crippen molar-refractivity contribution in [3.63, 3.8) is 0 Å². The highest BCUT2D eigenvalue weighted by Crippen LogP contribution is 2.14. The maximum atomic E-state index is 12.2. The fourth-order valence-corrected chi connectivity index (χ4v) is 0.848. The van der Waals surface area contributed by atoms with Crippen LogP contribution in [0.2, 0.25) is 0 Å². The maximum absolute atomic E-state index is 12.2. The third-order valence-electron chi connectivity index (χ3n) is 1.32. The van der Waals surface area contributed by atoms with E-state index in [0.717, 1.165) is 6.42 Å². The van der Waals surface area contributed by atoms with Gasteiger partial charge in [0.15, 0.2) is 0 Å². The molecule has 1 rings (SSSR count). The van der Waals surface area contributed by atoms with Crippen molar-refractivity contribution in [3.05, 3.63) is 0 Å². The molecule has 0 spiro atoms. The van der Waals surface area contributed by atoms with Gasteiger partial charge in [0.25, 0.3) is 0 Å². The lowest BCUT2D eigenvalue weighted by molar-refractivity contribution is 0.0354. The highest BCUT2D eigenvalue weighted by atomic mass is 19.2. The second-order valence-electron chi connectivity index (χ2n) is 1.90. The summed E-state index contributed by atoms with van der Waals surface area (Å²) >= 11 is 0. The Morgan fingerprint density at radius 1 is 1.75 bits per heavy atom. The van der Waals surface area contributed by atoms with Gasteiger partial charge in [0, 0.05) is 6.54 Å². The van der Waals surface area contributed by atoms with E-state index in [9.17, 15) is 9.28 Å². The number of nitrogens with zero attached hydrogens (tertiary/aromatic N) is 1. The normalized spacial score (nSPS) is 30.9. The Morgan fingerprint density at radius 3 is 2.75 bits per heavy atom. The fraction of sp³-hybridized carbons (Fsp3) is 0.800. The summed E-state index contributed by atoms with van der Waals surface area (Å²) < 4.78 is 12.2. The van der Waals surface area contributed by atoms with Crippen LogP contribution in [0.3, 0.4) is 0 Å². The molecule has 0 aromatic rings. The van der Waals surface area contributed by atoms with Crippen LogP contribution in [-0.2, 0) is 4.79 Å². The lowest BCUT2D eigenvalue weighted by Crippen LogP contribution is -2.21. The predicted octanol–water partition coefficient (Wildman–Crippen LogP) is 0.445. The first-order valence-corrected chi connectivity index (χ1v) is 2.64. The molecule has 0 aromatic carbocycles. The number of carbonyl (C=O) groups excluding carboxylic acids is 1. The molecule has 1 saturated heterocycles. The first-order valence-electron chi connectivity index (χ1n) is 2.64. The molecular formula is C5H7FNO. The van der Waals surface area contributed by atoms with E-state index in [-0.39, 0.29) is 0 Å². The van der Waals surface area contributed by atoms with Crippen molar-refractivity contribution in [2.45, 2.75) is 18.9 Å². The molecule has 0 bridgehead atoms. The molecule has 1 radical (unpaired) electrons. The zero-order chi connectivity index (χ0) is 5.98. The van der Waals surface area contributed by atoms with Gasteiger partial charge in [-0.1, -0.05) is 0 Å². The largest absolute Gasteiger partial charge is 0.289 e. The van der Waals surface area contributed by atoms with E-state index in [4.69, 9.17) is 0 Å². The first-order chi connectivity index (χ1) is 3.84. The van der Waals surface area contributed by atoms with Crippen LogP contribution in [0.5, 0.6) is 0 Å². The molecule has 1 aliphatic rings. The van der Waals surface area contributed by atoms with Gasteiger partial charge in [-0.2, -0.15) is 0 Å². The number of hydrogen-bond donors (Lipinski definition) is 0. The van der Waals surface area contributed by atoms with Gasteiger partial charge in [-0.25, -0.2) is 0 Å². The van der Waals surface area contributed by atoms with Gasteiger partial charge < -0.3 is 0 Å². The topological polar surface area (TPSA) is 20.3 Å². The SMILES string of the molecule is O=[C]C1CCCN1F. The third-order valence-corrected chi connectivity index (χ3v) is 1.32. The first kappa shape index (κ1) is 5.69. The summed E-state index contributed by atoms with van der Waals surface area (Å²) in [7, 11) is 0. The molecule has 45 valence electrons. The summed E-state index contributed by atoms with van der Waals surface area (Å²) in [5, 5.41) is 0.535. The zero-order valence-electron chi connectivity index (χ0n) is 4.43. The summed E-state index contributed by atoms with van der Waals surface area (Å²) in [5.41, 5.74) is 0. The van der Waals surface area contributed by atoms with Crippen LogP contribution in [0.4, 0.5) is 4.48 Å². The zero-order valence-corrected chi connectivity index (χ0v) is 4.43. The van der Waals surface area contributed by atoms with E-state index < -0.39 is 6.04 Å². The molecule has 0 aromatic heterocycles. The smallest absolute Gasteiger partial charge is 0.219 e. The molecule has 2 nitrogen and oxygen atoms in total. The summed E-state index contributed by atoms with van der Waals surface area (Å²) in [6, 6.07) is -0.574. The van der Waals surface area contributed by atoms with Crippen molar-refractivity contribution >= 4 is 6.29 Å². The van der Waals surface area contributed by atoms with Gasteiger partial charge in [-0.05, 0) is 12.8 Å². The van der Waals surface area contributed by atoms with E-state index in [1.54, 1.807) is 6.29 Å². The molecule has 3 heteroatoms. The number of hydrogen-bond acceptors (Lipinski definition) is 2. The van der Waals surface area contributed by atoms with Crippen LogP contribution in [0, 0.1) is 0 Å². The van der Waals surface area contributed by atoms with Crippen molar-refractivity contribution in [2.75, 3.05) is 6.54 Å². The van der Waals surface area contributed by atoms with Gasteiger partial charge >= 0.3 is 0 Å². The van der Waals surface area contributed by atoms with Crippen molar-refractivity contribution in [1.29, 1.82) is 0 Å². The van der Waals surface area contributed by atoms with Crippen LogP contribution in [-0.4, -0.2) is 24.0 Å². The van der Waals surface area contributed by atoms with E-state index in [1.165, 1.54) is 0 Å². The summed E-state index contributed by atoms with van der Waals surface area (Å²) in [6.45, 7) is 0.389. The minimum absolute atomic E-state index is 0.389. The predicted molar refractivity (Wildman–Crippen MR) is 26.5 cm³/mol. The Kier molecular flexibility index (Phi) is 1.58. The van der Waals surface area contributed by atoms with Crippen LogP contribution < -0.4 is 0 Å². The lowest BCUT2D eigenvalue weighted by atomic mass is 10.2. The average Bonchev–Trinajstić information content (AvgIpc) is 2.14. The van der Waals surface area contributed by atoms with Crippen molar-refractivity contribution in [3.8, 4) is 0 Å². The number of halogens is 1. The van der Waals surface area contributed by atoms with Crippen LogP contribution in [0.1, 0.15) is 12.8 Å². The van der Waals surface area contributed by atoms with Crippen molar-refractivity contribution in [2.24, 2.45) is 0 Å². The summed E-state index contributed by atoms with van der Waals surface area (Å²) in [6.07, 6.45) is 3.01. The Bertz CT molecular complexity index is 96.4. The molecule has 0 aliphatic carbocycles. The van der Waals surface area contributed by atoms with Crippen LogP contribution >= 0.6 is 0 Å². The Balaban J connectivity index is 2.41. The lowest BCUT2D eigenvalue weighted by Gasteiger charge is -2.03. The molecule has 8 heavy (non-hydrogen) atoms. The molecular weight excluding hydrogens is 109 g/mol. The second-order valence-corrected chi connectivity index (χ2v) is 1.90. The standard InChI is InChI=1S/C5H7FNO/c6-7-3-1-2-5(7)4-8/h5H,1-3H2. The quantitative estimate of drug-likeness (QED) is 0.463. The molecule has 0 saturated carbocycles. The molecule has 1 atom stereocenters. The van der Waals surface area contributed by atoms with Gasteiger partial charge in [0.2, 0.25) is 6.29 Å². The average molecular weight is 116 g/mol. The molecule has 0 N–H and O–H groups in total. The minimum Gasteiger partial charge on any atom is -0.289 e. The van der Waals surface area contributed by atoms with E-state index >= 15 is 0 Å². The van der Waals surface area contributed by atoms with Gasteiger partial charge in [-0.15, -0.1) is 9.60 Å². The molecule has 1 unspecified atom stereocenters. The summed E-state index contributed by atoms with van der Waals surface area (Å²) in [5.74, 6) is 0. The highest BCUT2D eigenvalue weighted by Gasteiger charge is 2.23. The van der Waals surface area contributed by atoms with Crippen molar-refractivity contribution < 1.29 is 9.28 Å². The Labute approximate surface area is 47.2 Å². The van der Waals surface area contributed by atoms with Gasteiger partial charge in [-0.3, -0.25) is 4.79 Å². The minimum atomic E-state index is -0.574. The maximum Gasteiger partial charge on any atom is 0.219 e. The van der Waals surface area contributed by atoms with Crippen LogP contribution in [0.15, 0.2) is 0 Å². The molecule has 0 amide bonds. The van der Waals surface area contributed by atoms with Gasteiger partial charge in [0.1, 0.15) is 6.04 Å². The van der Waals surface area contributed by atoms with Gasteiger partial charge in [0.05, 0.1) is 0 Å². The van der Waals surface area contributed by atoms with Crippen molar-refractivity contribution in [1.82, 2.24) is 5.12 Å². The third kappa shape index (κ3) is 0.865. The Morgan fingerprint density at radius 2 is 2.50 bits per heavy atom. The van der Waals surface area contributed by atoms with Crippen LogP contribution in [0.25, 0.3) is 0 Å². The Hall–Kier alpha value is -0.440. The molecule has 1 fully saturated rings. The molecule has 1 aliphatic heterocycles. The van der Waals surface area contributed by atoms with E-state index in [1.807, 2.05) is 0 Å². The summed E-state index contributed by atoms with van der Waals surface area (Å²) in [4.78, 5) is 9.81.